The third-order valence-corrected chi connectivity index (χ3v) is 3.74. The van der Waals surface area contributed by atoms with Gasteiger partial charge in [-0.1, -0.05) is 12.1 Å². The Balaban J connectivity index is 1.65. The lowest BCUT2D eigenvalue weighted by atomic mass is 10.0. The molecule has 2 aromatic heterocycles. The molecule has 7 heteroatoms. The van der Waals surface area contributed by atoms with Crippen LogP contribution in [0.2, 0.25) is 0 Å². The molecule has 0 aliphatic carbocycles. The third kappa shape index (κ3) is 3.82. The maximum Gasteiger partial charge on any atom is 0.313 e. The normalized spacial score (nSPS) is 10.3. The van der Waals surface area contributed by atoms with E-state index in [1.54, 1.807) is 48.5 Å². The van der Waals surface area contributed by atoms with Crippen molar-refractivity contribution in [3.63, 3.8) is 0 Å². The molecule has 0 radical (unpaired) electrons. The molecule has 0 aliphatic rings. The number of carbonyl (C=O) groups excluding carboxylic acids is 2. The van der Waals surface area contributed by atoms with Crippen molar-refractivity contribution in [1.29, 1.82) is 5.26 Å². The van der Waals surface area contributed by atoms with E-state index < -0.39 is 11.8 Å². The van der Waals surface area contributed by atoms with Crippen LogP contribution in [0.1, 0.15) is 23.0 Å². The molecule has 26 heavy (non-hydrogen) atoms. The van der Waals surface area contributed by atoms with E-state index >= 15 is 0 Å². The lowest BCUT2D eigenvalue weighted by Crippen LogP contribution is -2.37. The molecule has 0 saturated carbocycles. The molecule has 0 saturated heterocycles. The molecule has 0 fully saturated rings. The van der Waals surface area contributed by atoms with Crippen molar-refractivity contribution in [2.75, 3.05) is 11.9 Å². The average molecular weight is 349 g/mol. The number of nitrogens with zero attached hydrogens (tertiary/aromatic N) is 1. The van der Waals surface area contributed by atoms with Crippen LogP contribution in [0.5, 0.6) is 0 Å². The van der Waals surface area contributed by atoms with E-state index in [4.69, 9.17) is 14.1 Å². The van der Waals surface area contributed by atoms with Gasteiger partial charge in [-0.25, -0.2) is 0 Å². The van der Waals surface area contributed by atoms with E-state index in [2.05, 4.69) is 10.6 Å². The maximum atomic E-state index is 12.1. The van der Waals surface area contributed by atoms with Gasteiger partial charge in [-0.05, 0) is 36.4 Å². The molecule has 2 N–H and O–H groups in total. The molecule has 0 aliphatic heterocycles. The van der Waals surface area contributed by atoms with E-state index in [9.17, 15) is 9.59 Å². The van der Waals surface area contributed by atoms with Gasteiger partial charge in [0.15, 0.2) is 0 Å². The Morgan fingerprint density at radius 2 is 1.62 bits per heavy atom. The summed E-state index contributed by atoms with van der Waals surface area (Å²) in [6.07, 6.45) is 3.05. The van der Waals surface area contributed by atoms with Crippen molar-refractivity contribution in [1.82, 2.24) is 5.32 Å². The maximum absolute atomic E-state index is 12.1. The third-order valence-electron chi connectivity index (χ3n) is 3.74. The van der Waals surface area contributed by atoms with Crippen molar-refractivity contribution in [2.24, 2.45) is 0 Å². The Hall–Kier alpha value is -3.79. The number of carbonyl (C=O) groups is 2. The highest BCUT2D eigenvalue weighted by atomic mass is 16.3. The quantitative estimate of drug-likeness (QED) is 0.688. The fourth-order valence-electron chi connectivity index (χ4n) is 2.46. The summed E-state index contributed by atoms with van der Waals surface area (Å²) in [6, 6.07) is 15.4. The van der Waals surface area contributed by atoms with Gasteiger partial charge in [0, 0.05) is 6.54 Å². The fraction of sp³-hybridized carbons (Fsp3) is 0.105. The molecule has 0 atom stereocenters. The number of amides is 2. The van der Waals surface area contributed by atoms with Crippen molar-refractivity contribution in [2.45, 2.75) is 5.92 Å². The van der Waals surface area contributed by atoms with Gasteiger partial charge < -0.3 is 19.5 Å². The molecule has 130 valence electrons. The summed E-state index contributed by atoms with van der Waals surface area (Å²) in [5, 5.41) is 14.0. The van der Waals surface area contributed by atoms with Crippen LogP contribution in [-0.2, 0) is 9.59 Å². The predicted octanol–water partition coefficient (Wildman–Crippen LogP) is 2.63. The Bertz CT molecular complexity index is 890. The van der Waals surface area contributed by atoms with Crippen LogP contribution in [0.25, 0.3) is 0 Å². The Morgan fingerprint density at radius 1 is 0.962 bits per heavy atom. The minimum Gasteiger partial charge on any atom is -0.469 e. The molecular weight excluding hydrogens is 334 g/mol. The number of rotatable bonds is 5. The standard InChI is InChI=1S/C19H15N3O4/c20-11-13-5-1-2-6-15(13)22-19(24)18(23)21-12-14(16-7-3-9-25-16)17-8-4-10-26-17/h1-10,14H,12H2,(H,21,23)(H,22,24). The number of furan rings is 2. The molecule has 3 aromatic rings. The molecule has 7 nitrogen and oxygen atoms in total. The number of nitriles is 1. The van der Waals surface area contributed by atoms with Gasteiger partial charge in [0.2, 0.25) is 0 Å². The zero-order chi connectivity index (χ0) is 18.4. The molecule has 1 aromatic carbocycles. The minimum atomic E-state index is -0.856. The summed E-state index contributed by atoms with van der Waals surface area (Å²) in [5.41, 5.74) is 0.557. The van der Waals surface area contributed by atoms with E-state index in [1.165, 1.54) is 12.5 Å². The summed E-state index contributed by atoms with van der Waals surface area (Å²) in [7, 11) is 0. The fourth-order valence-corrected chi connectivity index (χ4v) is 2.46. The Labute approximate surface area is 149 Å². The first-order chi connectivity index (χ1) is 12.7. The van der Waals surface area contributed by atoms with Gasteiger partial charge in [-0.2, -0.15) is 5.26 Å². The number of hydrogen-bond acceptors (Lipinski definition) is 5. The molecule has 0 bridgehead atoms. The number of nitrogens with one attached hydrogen (secondary N) is 2. The van der Waals surface area contributed by atoms with Crippen LogP contribution in [-0.4, -0.2) is 18.4 Å². The van der Waals surface area contributed by atoms with Gasteiger partial charge in [0.1, 0.15) is 17.6 Å². The Kier molecular flexibility index (Phi) is 5.15. The second-order valence-electron chi connectivity index (χ2n) is 5.40. The second kappa shape index (κ2) is 7.85. The predicted molar refractivity (Wildman–Crippen MR) is 92.1 cm³/mol. The van der Waals surface area contributed by atoms with Gasteiger partial charge in [-0.3, -0.25) is 9.59 Å². The first kappa shape index (κ1) is 17.0. The van der Waals surface area contributed by atoms with Gasteiger partial charge in [0.05, 0.1) is 29.7 Å². The lowest BCUT2D eigenvalue weighted by molar-refractivity contribution is -0.136. The van der Waals surface area contributed by atoms with Crippen molar-refractivity contribution >= 4 is 17.5 Å². The highest BCUT2D eigenvalue weighted by Crippen LogP contribution is 2.24. The monoisotopic (exact) mass is 349 g/mol. The van der Waals surface area contributed by atoms with Crippen LogP contribution in [0.4, 0.5) is 5.69 Å². The largest absolute Gasteiger partial charge is 0.469 e. The van der Waals surface area contributed by atoms with E-state index in [0.29, 0.717) is 11.5 Å². The van der Waals surface area contributed by atoms with Crippen LogP contribution in [0.15, 0.2) is 69.9 Å². The number of benzene rings is 1. The minimum absolute atomic E-state index is 0.118. The number of para-hydroxylation sites is 1. The molecule has 0 unspecified atom stereocenters. The summed E-state index contributed by atoms with van der Waals surface area (Å²) in [5.74, 6) is -0.819. The number of hydrogen-bond donors (Lipinski definition) is 2. The first-order valence-corrected chi connectivity index (χ1v) is 7.84. The molecule has 0 spiro atoms. The SMILES string of the molecule is N#Cc1ccccc1NC(=O)C(=O)NCC(c1ccco1)c1ccco1. The molecule has 3 rings (SSSR count). The van der Waals surface area contributed by atoms with Crippen LogP contribution < -0.4 is 10.6 Å². The first-order valence-electron chi connectivity index (χ1n) is 7.84. The smallest absolute Gasteiger partial charge is 0.313 e. The van der Waals surface area contributed by atoms with Crippen molar-refractivity contribution in [3.05, 3.63) is 78.1 Å². The van der Waals surface area contributed by atoms with Gasteiger partial charge in [-0.15, -0.1) is 0 Å². The highest BCUT2D eigenvalue weighted by Gasteiger charge is 2.23. The van der Waals surface area contributed by atoms with Gasteiger partial charge >= 0.3 is 11.8 Å². The van der Waals surface area contributed by atoms with Crippen molar-refractivity contribution in [3.8, 4) is 6.07 Å². The highest BCUT2D eigenvalue weighted by molar-refractivity contribution is 6.39. The lowest BCUT2D eigenvalue weighted by Gasteiger charge is -2.13. The number of anilines is 1. The van der Waals surface area contributed by atoms with E-state index in [1.807, 2.05) is 6.07 Å². The molecule has 2 amide bonds. The van der Waals surface area contributed by atoms with E-state index in [0.717, 1.165) is 0 Å². The summed E-state index contributed by atoms with van der Waals surface area (Å²) < 4.78 is 10.8. The van der Waals surface area contributed by atoms with Crippen LogP contribution in [0.3, 0.4) is 0 Å². The molecule has 2 heterocycles. The molecular formula is C19H15N3O4. The summed E-state index contributed by atoms with van der Waals surface area (Å²) in [6.45, 7) is 0.118. The van der Waals surface area contributed by atoms with Crippen LogP contribution >= 0.6 is 0 Å². The zero-order valence-corrected chi connectivity index (χ0v) is 13.6. The Morgan fingerprint density at radius 3 is 2.19 bits per heavy atom. The summed E-state index contributed by atoms with van der Waals surface area (Å²) >= 11 is 0. The van der Waals surface area contributed by atoms with E-state index in [-0.39, 0.29) is 23.7 Å². The topological polar surface area (TPSA) is 108 Å². The average Bonchev–Trinajstić information content (AvgIpc) is 3.36. The zero-order valence-electron chi connectivity index (χ0n) is 13.6. The van der Waals surface area contributed by atoms with Crippen molar-refractivity contribution < 1.29 is 18.4 Å². The second-order valence-corrected chi connectivity index (χ2v) is 5.40. The summed E-state index contributed by atoms with van der Waals surface area (Å²) in [4.78, 5) is 24.2. The van der Waals surface area contributed by atoms with Crippen LogP contribution in [0, 0.1) is 11.3 Å². The van der Waals surface area contributed by atoms with Gasteiger partial charge in [0.25, 0.3) is 0 Å².